The van der Waals surface area contributed by atoms with Crippen molar-refractivity contribution in [3.63, 3.8) is 0 Å². The Kier molecular flexibility index (Phi) is 3.78. The minimum Gasteiger partial charge on any atom is -0.206 e. The fourth-order valence-corrected chi connectivity index (χ4v) is 2.39. The first-order valence-electron chi connectivity index (χ1n) is 5.14. The van der Waals surface area contributed by atoms with Crippen LogP contribution in [0, 0.1) is 5.82 Å². The van der Waals surface area contributed by atoms with E-state index in [2.05, 4.69) is 10.2 Å². The Morgan fingerprint density at radius 3 is 2.47 bits per heavy atom. The Balaban J connectivity index is 2.51. The number of rotatable bonds is 2. The molecule has 0 aliphatic carbocycles. The van der Waals surface area contributed by atoms with E-state index in [0.717, 1.165) is 17.4 Å². The predicted octanol–water partition coefficient (Wildman–Crippen LogP) is 4.66. The van der Waals surface area contributed by atoms with Crippen LogP contribution in [0.2, 0.25) is 0 Å². The van der Waals surface area contributed by atoms with E-state index < -0.39 is 22.9 Å². The summed E-state index contributed by atoms with van der Waals surface area (Å²) in [5, 5.41) is 7.45. The molecule has 2 rings (SSSR count). The predicted molar refractivity (Wildman–Crippen MR) is 64.6 cm³/mol. The average molecular weight is 311 g/mol. The SMILES string of the molecule is CC(Cl)c1nnc(-c2cccc(C(F)(F)F)c2F)s1. The van der Waals surface area contributed by atoms with Gasteiger partial charge in [0.15, 0.2) is 5.01 Å². The Hall–Kier alpha value is -1.21. The van der Waals surface area contributed by atoms with Crippen LogP contribution < -0.4 is 0 Å². The number of benzene rings is 1. The Labute approximate surface area is 115 Å². The van der Waals surface area contributed by atoms with Gasteiger partial charge in [0.2, 0.25) is 0 Å². The largest absolute Gasteiger partial charge is 0.419 e. The van der Waals surface area contributed by atoms with Crippen molar-refractivity contribution < 1.29 is 17.6 Å². The number of halogens is 5. The molecule has 2 aromatic rings. The lowest BCUT2D eigenvalue weighted by Gasteiger charge is -2.09. The summed E-state index contributed by atoms with van der Waals surface area (Å²) in [7, 11) is 0. The summed E-state index contributed by atoms with van der Waals surface area (Å²) in [6.45, 7) is 1.65. The van der Waals surface area contributed by atoms with Gasteiger partial charge in [-0.3, -0.25) is 0 Å². The van der Waals surface area contributed by atoms with Crippen LogP contribution in [0.3, 0.4) is 0 Å². The van der Waals surface area contributed by atoms with Gasteiger partial charge in [-0.2, -0.15) is 13.2 Å². The van der Waals surface area contributed by atoms with E-state index in [-0.39, 0.29) is 10.6 Å². The van der Waals surface area contributed by atoms with E-state index in [9.17, 15) is 17.6 Å². The van der Waals surface area contributed by atoms with Crippen molar-refractivity contribution in [2.45, 2.75) is 18.5 Å². The van der Waals surface area contributed by atoms with Crippen LogP contribution in [0.15, 0.2) is 18.2 Å². The summed E-state index contributed by atoms with van der Waals surface area (Å²) in [4.78, 5) is 0. The quantitative estimate of drug-likeness (QED) is 0.595. The van der Waals surface area contributed by atoms with Crippen molar-refractivity contribution in [2.75, 3.05) is 0 Å². The molecule has 0 fully saturated rings. The van der Waals surface area contributed by atoms with Crippen LogP contribution in [0.4, 0.5) is 17.6 Å². The molecule has 0 saturated carbocycles. The van der Waals surface area contributed by atoms with Gasteiger partial charge in [-0.05, 0) is 19.1 Å². The summed E-state index contributed by atoms with van der Waals surface area (Å²) >= 11 is 6.75. The standard InChI is InChI=1S/C11H7ClF4N2S/c1-5(12)9-17-18-10(19-9)6-3-2-4-7(8(6)13)11(14,15)16/h2-5H,1H3. The van der Waals surface area contributed by atoms with Gasteiger partial charge in [-0.1, -0.05) is 17.4 Å². The van der Waals surface area contributed by atoms with Gasteiger partial charge in [0.05, 0.1) is 10.9 Å². The Bertz CT molecular complexity index is 595. The van der Waals surface area contributed by atoms with Crippen LogP contribution in [-0.4, -0.2) is 10.2 Å². The summed E-state index contributed by atoms with van der Waals surface area (Å²) in [6, 6.07) is 3.05. The van der Waals surface area contributed by atoms with Gasteiger partial charge in [-0.25, -0.2) is 4.39 Å². The van der Waals surface area contributed by atoms with Gasteiger partial charge in [-0.15, -0.1) is 21.8 Å². The van der Waals surface area contributed by atoms with Crippen LogP contribution >= 0.6 is 22.9 Å². The number of nitrogens with zero attached hydrogens (tertiary/aromatic N) is 2. The van der Waals surface area contributed by atoms with E-state index >= 15 is 0 Å². The fourth-order valence-electron chi connectivity index (χ4n) is 1.42. The van der Waals surface area contributed by atoms with Gasteiger partial charge in [0.25, 0.3) is 0 Å². The molecule has 1 unspecified atom stereocenters. The lowest BCUT2D eigenvalue weighted by molar-refractivity contribution is -0.139. The van der Waals surface area contributed by atoms with E-state index in [4.69, 9.17) is 11.6 Å². The van der Waals surface area contributed by atoms with E-state index in [1.165, 1.54) is 6.07 Å². The summed E-state index contributed by atoms with van der Waals surface area (Å²) in [5.74, 6) is -1.35. The molecule has 102 valence electrons. The number of alkyl halides is 4. The molecule has 0 bridgehead atoms. The zero-order valence-corrected chi connectivity index (χ0v) is 11.1. The van der Waals surface area contributed by atoms with E-state index in [1.807, 2.05) is 0 Å². The second kappa shape index (κ2) is 5.05. The van der Waals surface area contributed by atoms with E-state index in [0.29, 0.717) is 11.1 Å². The molecule has 0 radical (unpaired) electrons. The monoisotopic (exact) mass is 310 g/mol. The second-order valence-electron chi connectivity index (χ2n) is 3.73. The molecular formula is C11H7ClF4N2S. The topological polar surface area (TPSA) is 25.8 Å². The maximum Gasteiger partial charge on any atom is 0.419 e. The fraction of sp³-hybridized carbons (Fsp3) is 0.273. The summed E-state index contributed by atoms with van der Waals surface area (Å²) in [6.07, 6.45) is -4.74. The maximum atomic E-state index is 13.9. The van der Waals surface area contributed by atoms with Crippen molar-refractivity contribution in [1.82, 2.24) is 10.2 Å². The maximum absolute atomic E-state index is 13.9. The van der Waals surface area contributed by atoms with Crippen molar-refractivity contribution in [1.29, 1.82) is 0 Å². The minimum absolute atomic E-state index is 0.0751. The van der Waals surface area contributed by atoms with Gasteiger partial charge >= 0.3 is 6.18 Å². The molecule has 0 saturated heterocycles. The molecule has 0 amide bonds. The summed E-state index contributed by atoms with van der Waals surface area (Å²) in [5.41, 5.74) is -1.54. The minimum atomic E-state index is -4.74. The molecule has 8 heteroatoms. The van der Waals surface area contributed by atoms with Crippen molar-refractivity contribution in [3.05, 3.63) is 34.6 Å². The molecule has 1 atom stereocenters. The Morgan fingerprint density at radius 1 is 1.26 bits per heavy atom. The summed E-state index contributed by atoms with van der Waals surface area (Å²) < 4.78 is 51.6. The number of hydrogen-bond donors (Lipinski definition) is 0. The molecule has 0 aliphatic heterocycles. The lowest BCUT2D eigenvalue weighted by atomic mass is 10.1. The molecule has 1 heterocycles. The smallest absolute Gasteiger partial charge is 0.206 e. The van der Waals surface area contributed by atoms with Gasteiger partial charge < -0.3 is 0 Å². The molecule has 1 aromatic carbocycles. The molecule has 2 nitrogen and oxygen atoms in total. The zero-order chi connectivity index (χ0) is 14.2. The van der Waals surface area contributed by atoms with Crippen LogP contribution in [0.5, 0.6) is 0 Å². The van der Waals surface area contributed by atoms with Crippen LogP contribution in [0.1, 0.15) is 22.9 Å². The van der Waals surface area contributed by atoms with Crippen molar-refractivity contribution >= 4 is 22.9 Å². The highest BCUT2D eigenvalue weighted by atomic mass is 35.5. The van der Waals surface area contributed by atoms with E-state index in [1.54, 1.807) is 6.92 Å². The highest BCUT2D eigenvalue weighted by Gasteiger charge is 2.35. The average Bonchev–Trinajstić information content (AvgIpc) is 2.77. The zero-order valence-electron chi connectivity index (χ0n) is 9.50. The molecule has 0 aliphatic rings. The van der Waals surface area contributed by atoms with Gasteiger partial charge in [0.1, 0.15) is 10.8 Å². The molecule has 19 heavy (non-hydrogen) atoms. The lowest BCUT2D eigenvalue weighted by Crippen LogP contribution is -2.08. The molecule has 0 spiro atoms. The third kappa shape index (κ3) is 2.87. The second-order valence-corrected chi connectivity index (χ2v) is 5.39. The highest BCUT2D eigenvalue weighted by Crippen LogP contribution is 2.37. The van der Waals surface area contributed by atoms with Gasteiger partial charge in [0, 0.05) is 5.56 Å². The first-order valence-corrected chi connectivity index (χ1v) is 6.39. The number of aromatic nitrogens is 2. The van der Waals surface area contributed by atoms with Crippen molar-refractivity contribution in [3.8, 4) is 10.6 Å². The van der Waals surface area contributed by atoms with Crippen LogP contribution in [0.25, 0.3) is 10.6 Å². The molecular weight excluding hydrogens is 304 g/mol. The number of hydrogen-bond acceptors (Lipinski definition) is 3. The highest BCUT2D eigenvalue weighted by molar-refractivity contribution is 7.15. The normalized spacial score (nSPS) is 13.6. The van der Waals surface area contributed by atoms with Crippen molar-refractivity contribution in [2.24, 2.45) is 0 Å². The third-order valence-electron chi connectivity index (χ3n) is 2.32. The molecule has 0 N–H and O–H groups in total. The Morgan fingerprint density at radius 2 is 1.95 bits per heavy atom. The molecule has 1 aromatic heterocycles. The van der Waals surface area contributed by atoms with Crippen LogP contribution in [-0.2, 0) is 6.18 Å². The first kappa shape index (κ1) is 14.2. The third-order valence-corrected chi connectivity index (χ3v) is 3.79. The first-order chi connectivity index (χ1) is 8.80.